The molecule has 0 fully saturated rings. The van der Waals surface area contributed by atoms with E-state index < -0.39 is 11.9 Å². The minimum atomic E-state index is -0.912. The van der Waals surface area contributed by atoms with Crippen LogP contribution >= 0.6 is 0 Å². The lowest BCUT2D eigenvalue weighted by Gasteiger charge is -1.97. The molecule has 2 N–H and O–H groups in total. The van der Waals surface area contributed by atoms with Crippen molar-refractivity contribution in [1.29, 1.82) is 0 Å². The average molecular weight is 254 g/mol. The van der Waals surface area contributed by atoms with Crippen molar-refractivity contribution in [1.82, 2.24) is 0 Å². The largest absolute Gasteiger partial charge is 0.481 e. The second-order valence-electron chi connectivity index (χ2n) is 4.15. The molecule has 0 radical (unpaired) electrons. The molecular weight excluding hydrogens is 232 g/mol. The summed E-state index contributed by atoms with van der Waals surface area (Å²) in [5.74, 6) is -1.63. The Morgan fingerprint density at radius 3 is 2.17 bits per heavy atom. The van der Waals surface area contributed by atoms with E-state index in [1.165, 1.54) is 0 Å². The number of unbranched alkanes of at least 4 members (excludes halogenated alkanes) is 5. The summed E-state index contributed by atoms with van der Waals surface area (Å²) in [4.78, 5) is 20.4. The van der Waals surface area contributed by atoms with Crippen molar-refractivity contribution < 1.29 is 19.8 Å². The van der Waals surface area contributed by atoms with Crippen molar-refractivity contribution in [2.24, 2.45) is 0 Å². The Bertz CT molecular complexity index is 292. The van der Waals surface area contributed by atoms with Crippen LogP contribution in [0, 0.1) is 0 Å². The van der Waals surface area contributed by atoms with Gasteiger partial charge in [0.2, 0.25) is 0 Å². The lowest BCUT2D eigenvalue weighted by Crippen LogP contribution is -1.93. The van der Waals surface area contributed by atoms with Gasteiger partial charge in [-0.1, -0.05) is 37.5 Å². The van der Waals surface area contributed by atoms with Crippen molar-refractivity contribution in [2.45, 2.75) is 51.4 Å². The van der Waals surface area contributed by atoms with Crippen LogP contribution in [0.2, 0.25) is 0 Å². The van der Waals surface area contributed by atoms with Gasteiger partial charge in [-0.25, -0.2) is 4.79 Å². The molecule has 0 saturated carbocycles. The molecule has 0 unspecified atom stereocenters. The van der Waals surface area contributed by atoms with Crippen LogP contribution in [0.4, 0.5) is 0 Å². The minimum absolute atomic E-state index is 0.274. The number of hydrogen-bond donors (Lipinski definition) is 2. The number of aliphatic carboxylic acids is 2. The molecule has 0 aliphatic heterocycles. The SMILES string of the molecule is O=C(O)/C=C\CC=CCCCCCCCC(=O)O. The Hall–Kier alpha value is -1.58. The van der Waals surface area contributed by atoms with E-state index in [9.17, 15) is 9.59 Å². The fourth-order valence-electron chi connectivity index (χ4n) is 1.53. The zero-order valence-corrected chi connectivity index (χ0v) is 10.7. The molecule has 0 aromatic carbocycles. The second kappa shape index (κ2) is 11.9. The molecule has 4 heteroatoms. The third-order valence-electron chi connectivity index (χ3n) is 2.46. The number of carbonyl (C=O) groups is 2. The Morgan fingerprint density at radius 1 is 0.833 bits per heavy atom. The van der Waals surface area contributed by atoms with Crippen molar-refractivity contribution >= 4 is 11.9 Å². The number of allylic oxidation sites excluding steroid dienone is 3. The molecule has 102 valence electrons. The molecule has 0 aromatic rings. The van der Waals surface area contributed by atoms with Gasteiger partial charge in [0.25, 0.3) is 0 Å². The highest BCUT2D eigenvalue weighted by Crippen LogP contribution is 2.07. The van der Waals surface area contributed by atoms with Crippen molar-refractivity contribution in [3.8, 4) is 0 Å². The van der Waals surface area contributed by atoms with Gasteiger partial charge in [0.15, 0.2) is 0 Å². The van der Waals surface area contributed by atoms with Gasteiger partial charge < -0.3 is 10.2 Å². The van der Waals surface area contributed by atoms with Gasteiger partial charge in [-0.15, -0.1) is 0 Å². The topological polar surface area (TPSA) is 74.6 Å². The van der Waals surface area contributed by atoms with Gasteiger partial charge in [-0.05, 0) is 25.7 Å². The van der Waals surface area contributed by atoms with E-state index in [4.69, 9.17) is 10.2 Å². The van der Waals surface area contributed by atoms with Gasteiger partial charge in [0.05, 0.1) is 0 Å². The van der Waals surface area contributed by atoms with Crippen LogP contribution in [-0.2, 0) is 9.59 Å². The second-order valence-corrected chi connectivity index (χ2v) is 4.15. The molecule has 0 rings (SSSR count). The first kappa shape index (κ1) is 16.4. The van der Waals surface area contributed by atoms with Gasteiger partial charge in [-0.3, -0.25) is 4.79 Å². The fourth-order valence-corrected chi connectivity index (χ4v) is 1.53. The smallest absolute Gasteiger partial charge is 0.327 e. The Kier molecular flexibility index (Phi) is 10.8. The molecule has 0 spiro atoms. The highest BCUT2D eigenvalue weighted by atomic mass is 16.4. The molecule has 0 atom stereocenters. The van der Waals surface area contributed by atoms with Crippen LogP contribution < -0.4 is 0 Å². The van der Waals surface area contributed by atoms with Crippen LogP contribution in [0.25, 0.3) is 0 Å². The van der Waals surface area contributed by atoms with Gasteiger partial charge in [0.1, 0.15) is 0 Å². The normalized spacial score (nSPS) is 11.3. The standard InChI is InChI=1S/C14H22O4/c15-13(16)11-9-7-5-3-1-2-4-6-8-10-12-14(17)18/h3,5,9,11H,1-2,4,6-8,10,12H2,(H,15,16)(H,17,18)/b5-3?,11-9-. The van der Waals surface area contributed by atoms with E-state index in [-0.39, 0.29) is 6.42 Å². The van der Waals surface area contributed by atoms with Crippen LogP contribution in [0.1, 0.15) is 51.4 Å². The number of hydrogen-bond acceptors (Lipinski definition) is 2. The van der Waals surface area contributed by atoms with E-state index in [1.54, 1.807) is 6.08 Å². The summed E-state index contributed by atoms with van der Waals surface area (Å²) < 4.78 is 0. The molecular formula is C14H22O4. The van der Waals surface area contributed by atoms with E-state index >= 15 is 0 Å². The first-order valence-corrected chi connectivity index (χ1v) is 6.39. The lowest BCUT2D eigenvalue weighted by atomic mass is 10.1. The molecule has 0 aliphatic rings. The number of rotatable bonds is 11. The van der Waals surface area contributed by atoms with Crippen molar-refractivity contribution in [2.75, 3.05) is 0 Å². The number of carboxylic acids is 2. The van der Waals surface area contributed by atoms with Crippen molar-refractivity contribution in [3.05, 3.63) is 24.3 Å². The molecule has 0 heterocycles. The van der Waals surface area contributed by atoms with Gasteiger partial charge in [0, 0.05) is 12.5 Å². The molecule has 0 aliphatic carbocycles. The zero-order valence-electron chi connectivity index (χ0n) is 10.7. The first-order valence-electron chi connectivity index (χ1n) is 6.39. The summed E-state index contributed by atoms with van der Waals surface area (Å²) in [7, 11) is 0. The minimum Gasteiger partial charge on any atom is -0.481 e. The Labute approximate surface area is 108 Å². The maximum Gasteiger partial charge on any atom is 0.327 e. The van der Waals surface area contributed by atoms with Crippen LogP contribution in [0.15, 0.2) is 24.3 Å². The third-order valence-corrected chi connectivity index (χ3v) is 2.46. The molecule has 0 bridgehead atoms. The Morgan fingerprint density at radius 2 is 1.50 bits per heavy atom. The summed E-state index contributed by atoms with van der Waals surface area (Å²) in [5, 5.41) is 16.8. The van der Waals surface area contributed by atoms with Crippen LogP contribution in [-0.4, -0.2) is 22.2 Å². The third kappa shape index (κ3) is 14.4. The average Bonchev–Trinajstić information content (AvgIpc) is 2.29. The summed E-state index contributed by atoms with van der Waals surface area (Å²) in [6, 6.07) is 0. The van der Waals surface area contributed by atoms with Crippen LogP contribution in [0.5, 0.6) is 0 Å². The maximum atomic E-state index is 10.3. The van der Waals surface area contributed by atoms with Crippen LogP contribution in [0.3, 0.4) is 0 Å². The predicted octanol–water partition coefficient (Wildman–Crippen LogP) is 3.39. The molecule has 0 aromatic heterocycles. The molecule has 0 saturated heterocycles. The lowest BCUT2D eigenvalue weighted by molar-refractivity contribution is -0.137. The summed E-state index contributed by atoms with van der Waals surface area (Å²) in [6.45, 7) is 0. The summed E-state index contributed by atoms with van der Waals surface area (Å²) in [5.41, 5.74) is 0. The molecule has 18 heavy (non-hydrogen) atoms. The van der Waals surface area contributed by atoms with E-state index in [2.05, 4.69) is 6.08 Å². The predicted molar refractivity (Wildman–Crippen MR) is 70.5 cm³/mol. The maximum absolute atomic E-state index is 10.3. The monoisotopic (exact) mass is 254 g/mol. The van der Waals surface area contributed by atoms with Gasteiger partial charge >= 0.3 is 11.9 Å². The highest BCUT2D eigenvalue weighted by Gasteiger charge is 1.95. The number of carboxylic acid groups (broad SMARTS) is 2. The van der Waals surface area contributed by atoms with Gasteiger partial charge in [-0.2, -0.15) is 0 Å². The quantitative estimate of drug-likeness (QED) is 0.337. The van der Waals surface area contributed by atoms with E-state index in [0.717, 1.165) is 44.6 Å². The van der Waals surface area contributed by atoms with E-state index in [1.807, 2.05) is 6.08 Å². The molecule has 4 nitrogen and oxygen atoms in total. The summed E-state index contributed by atoms with van der Waals surface area (Å²) >= 11 is 0. The van der Waals surface area contributed by atoms with E-state index in [0.29, 0.717) is 6.42 Å². The highest BCUT2D eigenvalue weighted by molar-refractivity contribution is 5.79. The zero-order chi connectivity index (χ0) is 13.6. The summed E-state index contributed by atoms with van der Waals surface area (Å²) in [6.07, 6.45) is 13.8. The molecule has 0 amide bonds. The van der Waals surface area contributed by atoms with Crippen molar-refractivity contribution in [3.63, 3.8) is 0 Å². The first-order chi connectivity index (χ1) is 8.63. The Balaban J connectivity index is 3.22. The fraction of sp³-hybridized carbons (Fsp3) is 0.571.